The lowest BCUT2D eigenvalue weighted by molar-refractivity contribution is -0.140. The Morgan fingerprint density at radius 1 is 1.12 bits per heavy atom. The van der Waals surface area contributed by atoms with Crippen molar-refractivity contribution in [1.82, 2.24) is 14.8 Å². The number of nitrogens with zero attached hydrogens (tertiary/aromatic N) is 3. The minimum Gasteiger partial charge on any atom is -0.375 e. The lowest BCUT2D eigenvalue weighted by Crippen LogP contribution is -2.46. The second-order valence-corrected chi connectivity index (χ2v) is 10.4. The summed E-state index contributed by atoms with van der Waals surface area (Å²) in [6.45, 7) is 2.70. The molecular formula is C25H35N5O2S. The van der Waals surface area contributed by atoms with Gasteiger partial charge in [-0.05, 0) is 63.9 Å². The Labute approximate surface area is 200 Å². The fourth-order valence-electron chi connectivity index (χ4n) is 4.95. The van der Waals surface area contributed by atoms with Crippen LogP contribution in [0, 0.1) is 11.8 Å². The maximum Gasteiger partial charge on any atom is 0.243 e. The van der Waals surface area contributed by atoms with Crippen LogP contribution in [0.25, 0.3) is 11.3 Å². The van der Waals surface area contributed by atoms with E-state index in [1.54, 1.807) is 0 Å². The van der Waals surface area contributed by atoms with E-state index in [9.17, 15) is 9.59 Å². The summed E-state index contributed by atoms with van der Waals surface area (Å²) in [5, 5.41) is 5.43. The van der Waals surface area contributed by atoms with Crippen LogP contribution in [0.3, 0.4) is 0 Å². The third kappa shape index (κ3) is 6.54. The molecule has 7 nitrogen and oxygen atoms in total. The van der Waals surface area contributed by atoms with Gasteiger partial charge in [-0.25, -0.2) is 4.98 Å². The number of nitrogens with two attached hydrogens (primary N) is 1. The van der Waals surface area contributed by atoms with Gasteiger partial charge in [0.15, 0.2) is 5.13 Å². The maximum atomic E-state index is 13.4. The Morgan fingerprint density at radius 2 is 1.82 bits per heavy atom. The van der Waals surface area contributed by atoms with E-state index in [2.05, 4.69) is 22.2 Å². The van der Waals surface area contributed by atoms with Crippen LogP contribution >= 0.6 is 11.3 Å². The number of anilines is 2. The van der Waals surface area contributed by atoms with E-state index in [-0.39, 0.29) is 24.3 Å². The smallest absolute Gasteiger partial charge is 0.243 e. The number of hydrogen-bond acceptors (Lipinski definition) is 6. The predicted molar refractivity (Wildman–Crippen MR) is 134 cm³/mol. The lowest BCUT2D eigenvalue weighted by Gasteiger charge is -2.34. The van der Waals surface area contributed by atoms with Crippen LogP contribution in [0.5, 0.6) is 0 Å². The molecule has 1 aromatic carbocycles. The SMILES string of the molecule is CN1CCC(C(=O)N(CC(=O)Nc2ccc(-c3csc(N)n3)cc2)CC2CCCCC2)CC1. The molecule has 33 heavy (non-hydrogen) atoms. The number of hydrogen-bond donors (Lipinski definition) is 2. The van der Waals surface area contributed by atoms with Gasteiger partial charge in [0.2, 0.25) is 11.8 Å². The van der Waals surface area contributed by atoms with Crippen molar-refractivity contribution in [2.75, 3.05) is 44.3 Å². The van der Waals surface area contributed by atoms with E-state index in [1.165, 1.54) is 30.6 Å². The highest BCUT2D eigenvalue weighted by atomic mass is 32.1. The first-order chi connectivity index (χ1) is 16.0. The minimum absolute atomic E-state index is 0.0300. The molecule has 2 aliphatic rings. The molecule has 4 rings (SSSR count). The van der Waals surface area contributed by atoms with Gasteiger partial charge in [-0.2, -0.15) is 0 Å². The van der Waals surface area contributed by atoms with Gasteiger partial charge >= 0.3 is 0 Å². The molecule has 0 spiro atoms. The van der Waals surface area contributed by atoms with Crippen LogP contribution in [-0.2, 0) is 9.59 Å². The van der Waals surface area contributed by atoms with E-state index in [0.29, 0.717) is 17.6 Å². The number of carbonyl (C=O) groups is 2. The second kappa shape index (κ2) is 11.1. The number of piperidine rings is 1. The zero-order valence-corrected chi connectivity index (χ0v) is 20.3. The summed E-state index contributed by atoms with van der Waals surface area (Å²) in [7, 11) is 2.10. The number of carbonyl (C=O) groups excluding carboxylic acids is 2. The molecule has 0 bridgehead atoms. The monoisotopic (exact) mass is 469 g/mol. The fourth-order valence-corrected chi connectivity index (χ4v) is 5.52. The molecule has 2 fully saturated rings. The van der Waals surface area contributed by atoms with Crippen LogP contribution in [0.4, 0.5) is 10.8 Å². The van der Waals surface area contributed by atoms with Crippen molar-refractivity contribution in [1.29, 1.82) is 0 Å². The number of nitrogen functional groups attached to an aromatic ring is 1. The molecule has 2 amide bonds. The topological polar surface area (TPSA) is 91.6 Å². The normalized spacial score (nSPS) is 18.2. The Kier molecular flexibility index (Phi) is 7.98. The average molecular weight is 470 g/mol. The predicted octanol–water partition coefficient (Wildman–Crippen LogP) is 4.08. The third-order valence-electron chi connectivity index (χ3n) is 6.90. The summed E-state index contributed by atoms with van der Waals surface area (Å²) in [5.74, 6) is 0.548. The van der Waals surface area contributed by atoms with Crippen LogP contribution in [0.1, 0.15) is 44.9 Å². The Hall–Kier alpha value is -2.45. The summed E-state index contributed by atoms with van der Waals surface area (Å²) in [4.78, 5) is 34.7. The van der Waals surface area contributed by atoms with Gasteiger partial charge in [0, 0.05) is 29.1 Å². The van der Waals surface area contributed by atoms with E-state index < -0.39 is 0 Å². The van der Waals surface area contributed by atoms with Crippen molar-refractivity contribution < 1.29 is 9.59 Å². The molecule has 1 aliphatic heterocycles. The van der Waals surface area contributed by atoms with Gasteiger partial charge in [-0.1, -0.05) is 31.4 Å². The molecule has 178 valence electrons. The Balaban J connectivity index is 1.38. The highest BCUT2D eigenvalue weighted by molar-refractivity contribution is 7.13. The van der Waals surface area contributed by atoms with E-state index in [1.807, 2.05) is 34.5 Å². The molecule has 0 unspecified atom stereocenters. The number of amides is 2. The number of nitrogens with one attached hydrogen (secondary N) is 1. The van der Waals surface area contributed by atoms with Gasteiger partial charge in [-0.3, -0.25) is 9.59 Å². The highest BCUT2D eigenvalue weighted by Gasteiger charge is 2.30. The van der Waals surface area contributed by atoms with Crippen molar-refractivity contribution >= 4 is 34.0 Å². The fraction of sp³-hybridized carbons (Fsp3) is 0.560. The zero-order chi connectivity index (χ0) is 23.2. The number of aromatic nitrogens is 1. The van der Waals surface area contributed by atoms with Crippen LogP contribution in [0.15, 0.2) is 29.6 Å². The number of thiazole rings is 1. The third-order valence-corrected chi connectivity index (χ3v) is 7.58. The van der Waals surface area contributed by atoms with E-state index in [4.69, 9.17) is 5.73 Å². The summed E-state index contributed by atoms with van der Waals surface area (Å²) in [6, 6.07) is 7.58. The van der Waals surface area contributed by atoms with Crippen molar-refractivity contribution in [3.05, 3.63) is 29.6 Å². The minimum atomic E-state index is -0.141. The van der Waals surface area contributed by atoms with Crippen molar-refractivity contribution in [2.45, 2.75) is 44.9 Å². The molecule has 1 aromatic heterocycles. The molecule has 1 saturated carbocycles. The molecule has 1 aliphatic carbocycles. The largest absolute Gasteiger partial charge is 0.375 e. The zero-order valence-electron chi connectivity index (χ0n) is 19.5. The van der Waals surface area contributed by atoms with Crippen molar-refractivity contribution in [2.24, 2.45) is 11.8 Å². The van der Waals surface area contributed by atoms with Gasteiger partial charge in [0.05, 0.1) is 12.2 Å². The van der Waals surface area contributed by atoms with Gasteiger partial charge < -0.3 is 20.9 Å². The first-order valence-electron chi connectivity index (χ1n) is 12.1. The number of rotatable bonds is 7. The first-order valence-corrected chi connectivity index (χ1v) is 12.9. The Morgan fingerprint density at radius 3 is 2.45 bits per heavy atom. The molecule has 1 saturated heterocycles. The number of likely N-dealkylation sites (tertiary alicyclic amines) is 1. The highest BCUT2D eigenvalue weighted by Crippen LogP contribution is 2.27. The molecule has 3 N–H and O–H groups in total. The molecule has 0 atom stereocenters. The average Bonchev–Trinajstić information content (AvgIpc) is 3.26. The van der Waals surface area contributed by atoms with Crippen LogP contribution < -0.4 is 11.1 Å². The summed E-state index contributed by atoms with van der Waals surface area (Å²) < 4.78 is 0. The van der Waals surface area contributed by atoms with Crippen molar-refractivity contribution in [3.8, 4) is 11.3 Å². The second-order valence-electron chi connectivity index (χ2n) is 9.50. The van der Waals surface area contributed by atoms with Crippen molar-refractivity contribution in [3.63, 3.8) is 0 Å². The van der Waals surface area contributed by atoms with Gasteiger partial charge in [-0.15, -0.1) is 11.3 Å². The van der Waals surface area contributed by atoms with Gasteiger partial charge in [0.25, 0.3) is 0 Å². The lowest BCUT2D eigenvalue weighted by atomic mass is 9.88. The molecule has 8 heteroatoms. The van der Waals surface area contributed by atoms with Gasteiger partial charge in [0.1, 0.15) is 0 Å². The molecule has 0 radical (unpaired) electrons. The standard InChI is InChI=1S/C25H35N5O2S/c1-29-13-11-20(12-14-29)24(32)30(15-18-5-3-2-4-6-18)16-23(31)27-21-9-7-19(8-10-21)22-17-33-25(26)28-22/h7-10,17-18,20H,2-6,11-16H2,1H3,(H2,26,28)(H,27,31). The van der Waals surface area contributed by atoms with E-state index >= 15 is 0 Å². The molecule has 2 heterocycles. The molecule has 2 aromatic rings. The van der Waals surface area contributed by atoms with E-state index in [0.717, 1.165) is 55.7 Å². The number of benzene rings is 1. The Bertz CT molecular complexity index is 931. The summed E-state index contributed by atoms with van der Waals surface area (Å²) >= 11 is 1.41. The molecular weight excluding hydrogens is 434 g/mol. The first kappa shape index (κ1) is 23.7. The maximum absolute atomic E-state index is 13.4. The summed E-state index contributed by atoms with van der Waals surface area (Å²) in [5.41, 5.74) is 8.23. The van der Waals surface area contributed by atoms with Crippen LogP contribution in [0.2, 0.25) is 0 Å². The van der Waals surface area contributed by atoms with Crippen LogP contribution in [-0.4, -0.2) is 59.8 Å². The summed E-state index contributed by atoms with van der Waals surface area (Å²) in [6.07, 6.45) is 7.79. The quantitative estimate of drug-likeness (QED) is 0.638.